The van der Waals surface area contributed by atoms with Gasteiger partial charge >= 0.3 is 0 Å². The van der Waals surface area contributed by atoms with Gasteiger partial charge in [0.15, 0.2) is 0 Å². The molecular weight excluding hydrogens is 585 g/mol. The molecule has 1 N–H and O–H groups in total. The molecule has 0 saturated carbocycles. The van der Waals surface area contributed by atoms with E-state index in [0.717, 1.165) is 39.7 Å². The summed E-state index contributed by atoms with van der Waals surface area (Å²) in [6.07, 6.45) is 0. The number of anilines is 1. The summed E-state index contributed by atoms with van der Waals surface area (Å²) in [5.41, 5.74) is 13.8. The first-order valence-electron chi connectivity index (χ1n) is 16.5. The Morgan fingerprint density at radius 2 is 1.06 bits per heavy atom. The predicted octanol–water partition coefficient (Wildman–Crippen LogP) is 10.8. The molecule has 1 atom stereocenters. The van der Waals surface area contributed by atoms with Gasteiger partial charge < -0.3 is 10.1 Å². The van der Waals surface area contributed by atoms with E-state index < -0.39 is 5.41 Å². The van der Waals surface area contributed by atoms with E-state index in [2.05, 4.69) is 175 Å². The van der Waals surface area contributed by atoms with Crippen molar-refractivity contribution < 1.29 is 4.74 Å². The molecule has 0 amide bonds. The van der Waals surface area contributed by atoms with Crippen molar-refractivity contribution in [2.24, 2.45) is 4.99 Å². The van der Waals surface area contributed by atoms with E-state index in [0.29, 0.717) is 0 Å². The number of aliphatic imine (C=N–C) groups is 1. The van der Waals surface area contributed by atoms with Crippen molar-refractivity contribution in [1.82, 2.24) is 0 Å². The number of nitrogens with one attached hydrogen (secondary N) is 1. The fourth-order valence-corrected chi connectivity index (χ4v) is 8.10. The third kappa shape index (κ3) is 3.85. The quantitative estimate of drug-likeness (QED) is 0.215. The lowest BCUT2D eigenvalue weighted by Gasteiger charge is -2.39. The monoisotopic (exact) mass is 614 g/mol. The maximum absolute atomic E-state index is 6.63. The zero-order valence-corrected chi connectivity index (χ0v) is 26.1. The fourth-order valence-electron chi connectivity index (χ4n) is 8.10. The van der Waals surface area contributed by atoms with Gasteiger partial charge in [0.1, 0.15) is 23.4 Å². The first-order chi connectivity index (χ1) is 23.8. The minimum absolute atomic E-state index is 0.0600. The summed E-state index contributed by atoms with van der Waals surface area (Å²) >= 11 is 0. The minimum Gasteiger partial charge on any atom is -0.457 e. The van der Waals surface area contributed by atoms with Crippen LogP contribution in [0.3, 0.4) is 0 Å². The van der Waals surface area contributed by atoms with Gasteiger partial charge in [-0.05, 0) is 63.2 Å². The Morgan fingerprint density at radius 3 is 1.83 bits per heavy atom. The van der Waals surface area contributed by atoms with Crippen molar-refractivity contribution in [2.45, 2.75) is 11.5 Å². The number of hydrogen-bond donors (Lipinski definition) is 1. The maximum atomic E-state index is 6.63. The van der Waals surface area contributed by atoms with Gasteiger partial charge in [0.05, 0.1) is 5.41 Å². The minimum atomic E-state index is -0.478. The van der Waals surface area contributed by atoms with Crippen molar-refractivity contribution in [3.8, 4) is 33.8 Å². The molecule has 7 aromatic rings. The van der Waals surface area contributed by atoms with Crippen LogP contribution in [0.1, 0.15) is 45.0 Å². The zero-order valence-electron chi connectivity index (χ0n) is 26.1. The molecule has 2 aliphatic heterocycles. The number of ether oxygens (including phenoxy) is 1. The average Bonchev–Trinajstić information content (AvgIpc) is 3.45. The smallest absolute Gasteiger partial charge is 0.133 e. The molecule has 7 aromatic carbocycles. The molecule has 0 saturated heterocycles. The van der Waals surface area contributed by atoms with Crippen LogP contribution in [0.25, 0.3) is 22.3 Å². The highest BCUT2D eigenvalue weighted by atomic mass is 16.5. The summed E-state index contributed by atoms with van der Waals surface area (Å²) in [5, 5.41) is 3.61. The van der Waals surface area contributed by atoms with E-state index >= 15 is 0 Å². The lowest BCUT2D eigenvalue weighted by molar-refractivity contribution is 0.436. The Balaban J connectivity index is 1.09. The number of amidine groups is 1. The van der Waals surface area contributed by atoms with Crippen LogP contribution in [-0.4, -0.2) is 5.84 Å². The molecule has 0 radical (unpaired) electrons. The van der Waals surface area contributed by atoms with E-state index in [1.165, 1.54) is 44.5 Å². The van der Waals surface area contributed by atoms with Gasteiger partial charge in [0, 0.05) is 27.9 Å². The molecule has 2 heterocycles. The van der Waals surface area contributed by atoms with E-state index in [9.17, 15) is 0 Å². The van der Waals surface area contributed by atoms with Crippen molar-refractivity contribution in [2.75, 3.05) is 5.32 Å². The molecule has 48 heavy (non-hydrogen) atoms. The van der Waals surface area contributed by atoms with E-state index in [-0.39, 0.29) is 6.04 Å². The largest absolute Gasteiger partial charge is 0.457 e. The SMILES string of the molecule is c1ccc(C2N=C(c3ccc(-c4ccc5c(c4)C4(c6ccccc6O5)c5ccccc5-c5ccccc54)cc3)Nc3ccccc32)cc1. The summed E-state index contributed by atoms with van der Waals surface area (Å²) in [6, 6.07) is 60.6. The fraction of sp³-hybridized carbons (Fsp3) is 0.0444. The van der Waals surface area contributed by atoms with Gasteiger partial charge in [0.2, 0.25) is 0 Å². The summed E-state index contributed by atoms with van der Waals surface area (Å²) in [4.78, 5) is 5.22. The Bertz CT molecular complexity index is 2360. The third-order valence-corrected chi connectivity index (χ3v) is 10.2. The lowest BCUT2D eigenvalue weighted by atomic mass is 9.66. The first kappa shape index (κ1) is 27.0. The van der Waals surface area contributed by atoms with Crippen LogP contribution in [-0.2, 0) is 5.41 Å². The van der Waals surface area contributed by atoms with Gasteiger partial charge in [-0.1, -0.05) is 146 Å². The molecule has 0 aromatic heterocycles. The molecule has 3 heteroatoms. The summed E-state index contributed by atoms with van der Waals surface area (Å²) in [6.45, 7) is 0. The van der Waals surface area contributed by atoms with E-state index in [1.54, 1.807) is 0 Å². The molecule has 3 nitrogen and oxygen atoms in total. The summed E-state index contributed by atoms with van der Waals surface area (Å²) in [5.74, 6) is 2.68. The number of rotatable bonds is 3. The van der Waals surface area contributed by atoms with Gasteiger partial charge in [-0.2, -0.15) is 0 Å². The highest BCUT2D eigenvalue weighted by molar-refractivity contribution is 6.10. The van der Waals surface area contributed by atoms with Crippen LogP contribution in [0.5, 0.6) is 11.5 Å². The molecule has 0 bridgehead atoms. The van der Waals surface area contributed by atoms with Crippen LogP contribution in [0.2, 0.25) is 0 Å². The molecule has 1 unspecified atom stereocenters. The number of hydrogen-bond acceptors (Lipinski definition) is 3. The zero-order chi connectivity index (χ0) is 31.7. The van der Waals surface area contributed by atoms with Gasteiger partial charge in [-0.3, -0.25) is 4.99 Å². The molecule has 1 aliphatic carbocycles. The number of para-hydroxylation sites is 2. The van der Waals surface area contributed by atoms with Crippen molar-refractivity contribution >= 4 is 11.5 Å². The normalized spacial score (nSPS) is 15.9. The van der Waals surface area contributed by atoms with Gasteiger partial charge in [-0.15, -0.1) is 0 Å². The van der Waals surface area contributed by atoms with Crippen LogP contribution in [0.4, 0.5) is 5.69 Å². The molecule has 226 valence electrons. The van der Waals surface area contributed by atoms with E-state index in [4.69, 9.17) is 9.73 Å². The Hall–Kier alpha value is -6.19. The second-order valence-corrected chi connectivity index (χ2v) is 12.7. The van der Waals surface area contributed by atoms with Gasteiger partial charge in [-0.25, -0.2) is 0 Å². The lowest BCUT2D eigenvalue weighted by Crippen LogP contribution is -2.32. The molecule has 3 aliphatic rings. The summed E-state index contributed by atoms with van der Waals surface area (Å²) in [7, 11) is 0. The molecular formula is C45H30N2O. The first-order valence-corrected chi connectivity index (χ1v) is 16.5. The van der Waals surface area contributed by atoms with Crippen molar-refractivity contribution in [3.63, 3.8) is 0 Å². The average molecular weight is 615 g/mol. The third-order valence-electron chi connectivity index (χ3n) is 10.2. The number of benzene rings is 7. The molecule has 1 spiro atoms. The second kappa shape index (κ2) is 10.4. The Kier molecular flexibility index (Phi) is 5.85. The molecule has 10 rings (SSSR count). The van der Waals surface area contributed by atoms with Crippen LogP contribution < -0.4 is 10.1 Å². The standard InChI is InChI=1S/C45H30N2O/c1-2-12-30(13-3-1)43-35-16-6-10-20-40(35)46-44(47-43)31-24-22-29(23-25-31)32-26-27-42-39(28-32)45(38-19-9-11-21-41(38)48-42)36-17-7-4-14-33(36)34-15-5-8-18-37(34)45/h1-28,43H,(H,46,47). The topological polar surface area (TPSA) is 33.6 Å². The Labute approximate surface area is 279 Å². The predicted molar refractivity (Wildman–Crippen MR) is 194 cm³/mol. The highest BCUT2D eigenvalue weighted by Gasteiger charge is 2.51. The Morgan fingerprint density at radius 1 is 0.479 bits per heavy atom. The van der Waals surface area contributed by atoms with Crippen LogP contribution in [0, 0.1) is 0 Å². The summed E-state index contributed by atoms with van der Waals surface area (Å²) < 4.78 is 6.63. The second-order valence-electron chi connectivity index (χ2n) is 12.7. The van der Waals surface area contributed by atoms with E-state index in [1.807, 2.05) is 0 Å². The van der Waals surface area contributed by atoms with Crippen molar-refractivity contribution in [1.29, 1.82) is 0 Å². The number of fused-ring (bicyclic) bond motifs is 10. The maximum Gasteiger partial charge on any atom is 0.133 e. The number of nitrogens with zero attached hydrogens (tertiary/aromatic N) is 1. The van der Waals surface area contributed by atoms with Crippen LogP contribution >= 0.6 is 0 Å². The van der Waals surface area contributed by atoms with Crippen LogP contribution in [0.15, 0.2) is 175 Å². The van der Waals surface area contributed by atoms with Crippen molar-refractivity contribution in [3.05, 3.63) is 209 Å². The van der Waals surface area contributed by atoms with Gasteiger partial charge in [0.25, 0.3) is 0 Å². The molecule has 0 fully saturated rings. The highest BCUT2D eigenvalue weighted by Crippen LogP contribution is 2.62.